The van der Waals surface area contributed by atoms with Gasteiger partial charge in [0.15, 0.2) is 0 Å². The van der Waals surface area contributed by atoms with Crippen LogP contribution >= 0.6 is 11.6 Å². The van der Waals surface area contributed by atoms with Crippen molar-refractivity contribution in [3.63, 3.8) is 0 Å². The van der Waals surface area contributed by atoms with Crippen LogP contribution in [0, 0.1) is 0 Å². The third-order valence-corrected chi connectivity index (χ3v) is 6.30. The van der Waals surface area contributed by atoms with Crippen molar-refractivity contribution >= 4 is 23.3 Å². The van der Waals surface area contributed by atoms with Gasteiger partial charge in [-0.15, -0.1) is 0 Å². The molecule has 0 N–H and O–H groups in total. The normalized spacial score (nSPS) is 19.1. The van der Waals surface area contributed by atoms with Gasteiger partial charge in [0.1, 0.15) is 11.6 Å². The summed E-state index contributed by atoms with van der Waals surface area (Å²) in [7, 11) is 1.59. The van der Waals surface area contributed by atoms with Crippen LogP contribution in [0.25, 0.3) is 0 Å². The summed E-state index contributed by atoms with van der Waals surface area (Å²) in [5.74, 6) is 1.75. The molecule has 0 atom stereocenters. The predicted octanol–water partition coefficient (Wildman–Crippen LogP) is 3.14. The van der Waals surface area contributed by atoms with E-state index < -0.39 is 5.41 Å². The summed E-state index contributed by atoms with van der Waals surface area (Å²) in [6.07, 6.45) is 3.13. The number of carbonyl (C=O) groups excluding carboxylic acids is 1. The van der Waals surface area contributed by atoms with Crippen molar-refractivity contribution < 1.29 is 14.3 Å². The van der Waals surface area contributed by atoms with E-state index in [2.05, 4.69) is 9.88 Å². The molecule has 2 aromatic rings. The van der Waals surface area contributed by atoms with Gasteiger partial charge in [0.25, 0.3) is 0 Å². The molecule has 0 saturated carbocycles. The number of hydrogen-bond acceptors (Lipinski definition) is 5. The highest BCUT2D eigenvalue weighted by Crippen LogP contribution is 2.40. The van der Waals surface area contributed by atoms with Gasteiger partial charge in [-0.3, -0.25) is 4.79 Å². The fourth-order valence-electron chi connectivity index (χ4n) is 4.29. The second-order valence-corrected chi connectivity index (χ2v) is 7.92. The minimum absolute atomic E-state index is 0.169. The number of piperazine rings is 1. The highest BCUT2D eigenvalue weighted by atomic mass is 35.5. The van der Waals surface area contributed by atoms with E-state index in [1.54, 1.807) is 13.3 Å². The topological polar surface area (TPSA) is 54.9 Å². The molecular weight excluding hydrogens is 390 g/mol. The second-order valence-electron chi connectivity index (χ2n) is 7.51. The van der Waals surface area contributed by atoms with E-state index in [9.17, 15) is 4.79 Å². The Morgan fingerprint density at radius 3 is 2.52 bits per heavy atom. The smallest absolute Gasteiger partial charge is 0.233 e. The molecule has 0 bridgehead atoms. The fourth-order valence-corrected chi connectivity index (χ4v) is 4.55. The molecule has 2 fully saturated rings. The van der Waals surface area contributed by atoms with Gasteiger partial charge in [0.05, 0.1) is 17.5 Å². The number of anilines is 1. The van der Waals surface area contributed by atoms with Crippen LogP contribution in [0.3, 0.4) is 0 Å². The van der Waals surface area contributed by atoms with Crippen LogP contribution in [-0.4, -0.2) is 62.3 Å². The molecule has 4 rings (SSSR count). The van der Waals surface area contributed by atoms with E-state index in [1.807, 2.05) is 41.3 Å². The second kappa shape index (κ2) is 8.59. The van der Waals surface area contributed by atoms with E-state index in [1.165, 1.54) is 0 Å². The molecule has 1 aromatic carbocycles. The number of pyridine rings is 1. The molecule has 154 valence electrons. The maximum Gasteiger partial charge on any atom is 0.233 e. The molecule has 3 heterocycles. The van der Waals surface area contributed by atoms with Crippen molar-refractivity contribution in [2.24, 2.45) is 0 Å². The highest BCUT2D eigenvalue weighted by molar-refractivity contribution is 6.32. The minimum Gasteiger partial charge on any atom is -0.495 e. The molecule has 29 heavy (non-hydrogen) atoms. The fraction of sp³-hybridized carbons (Fsp3) is 0.455. The van der Waals surface area contributed by atoms with Crippen LogP contribution in [-0.2, 0) is 14.9 Å². The van der Waals surface area contributed by atoms with Crippen molar-refractivity contribution in [1.82, 2.24) is 9.88 Å². The van der Waals surface area contributed by atoms with E-state index in [-0.39, 0.29) is 5.91 Å². The predicted molar refractivity (Wildman–Crippen MR) is 113 cm³/mol. The Kier molecular flexibility index (Phi) is 5.92. The summed E-state index contributed by atoms with van der Waals surface area (Å²) >= 11 is 6.39. The van der Waals surface area contributed by atoms with Crippen LogP contribution in [0.4, 0.5) is 5.82 Å². The lowest BCUT2D eigenvalue weighted by Crippen LogP contribution is -2.56. The first-order chi connectivity index (χ1) is 14.1. The third-order valence-electron chi connectivity index (χ3n) is 6.00. The Hall–Kier alpha value is -2.31. The van der Waals surface area contributed by atoms with Gasteiger partial charge in [0.2, 0.25) is 5.91 Å². The minimum atomic E-state index is -0.596. The summed E-state index contributed by atoms with van der Waals surface area (Å²) in [5.41, 5.74) is 0.352. The zero-order valence-corrected chi connectivity index (χ0v) is 17.4. The summed E-state index contributed by atoms with van der Waals surface area (Å²) in [5, 5.41) is 0.531. The Morgan fingerprint density at radius 2 is 1.90 bits per heavy atom. The molecule has 1 aromatic heterocycles. The molecule has 7 heteroatoms. The number of hydrogen-bond donors (Lipinski definition) is 0. The number of methoxy groups -OCH3 is 1. The molecule has 0 aliphatic carbocycles. The van der Waals surface area contributed by atoms with Crippen molar-refractivity contribution in [3.05, 3.63) is 53.2 Å². The molecule has 6 nitrogen and oxygen atoms in total. The summed E-state index contributed by atoms with van der Waals surface area (Å²) < 4.78 is 10.9. The zero-order chi connectivity index (χ0) is 20.3. The van der Waals surface area contributed by atoms with Crippen LogP contribution in [0.2, 0.25) is 5.02 Å². The van der Waals surface area contributed by atoms with Gasteiger partial charge in [0, 0.05) is 45.6 Å². The van der Waals surface area contributed by atoms with Gasteiger partial charge in [-0.05, 0) is 42.7 Å². The molecule has 0 spiro atoms. The molecule has 2 aliphatic rings. The van der Waals surface area contributed by atoms with Gasteiger partial charge < -0.3 is 19.3 Å². The van der Waals surface area contributed by atoms with E-state index in [0.29, 0.717) is 49.9 Å². The number of benzene rings is 1. The lowest BCUT2D eigenvalue weighted by Gasteiger charge is -2.43. The standard InChI is InChI=1S/C22H26ClN3O3/c1-28-19-6-5-17(16-18(19)23)22(7-14-29-15-8-22)21(27)26-12-10-25(11-13-26)20-4-2-3-9-24-20/h2-6,9,16H,7-8,10-15H2,1H3. The Bertz CT molecular complexity index is 848. The lowest BCUT2D eigenvalue weighted by atomic mass is 9.72. The summed E-state index contributed by atoms with van der Waals surface area (Å²) in [4.78, 5) is 22.4. The van der Waals surface area contributed by atoms with E-state index in [0.717, 1.165) is 24.5 Å². The molecule has 2 saturated heterocycles. The Labute approximate surface area is 176 Å². The first-order valence-electron chi connectivity index (χ1n) is 10.0. The molecule has 1 amide bonds. The van der Waals surface area contributed by atoms with Gasteiger partial charge in [-0.25, -0.2) is 4.98 Å². The van der Waals surface area contributed by atoms with Crippen LogP contribution < -0.4 is 9.64 Å². The molecule has 0 radical (unpaired) electrons. The average molecular weight is 416 g/mol. The highest BCUT2D eigenvalue weighted by Gasteiger charge is 2.44. The number of halogens is 1. The molecule has 0 unspecified atom stereocenters. The first-order valence-corrected chi connectivity index (χ1v) is 10.4. The largest absolute Gasteiger partial charge is 0.495 e. The zero-order valence-electron chi connectivity index (χ0n) is 16.6. The van der Waals surface area contributed by atoms with E-state index >= 15 is 0 Å². The van der Waals surface area contributed by atoms with Crippen LogP contribution in [0.1, 0.15) is 18.4 Å². The number of amides is 1. The quantitative estimate of drug-likeness (QED) is 0.767. The number of rotatable bonds is 4. The van der Waals surface area contributed by atoms with Gasteiger partial charge >= 0.3 is 0 Å². The summed E-state index contributed by atoms with van der Waals surface area (Å²) in [6, 6.07) is 11.6. The maximum absolute atomic E-state index is 13.7. The Morgan fingerprint density at radius 1 is 1.14 bits per heavy atom. The van der Waals surface area contributed by atoms with Crippen molar-refractivity contribution in [3.8, 4) is 5.75 Å². The third kappa shape index (κ3) is 3.91. The number of carbonyl (C=O) groups is 1. The first kappa shape index (κ1) is 20.0. The SMILES string of the molecule is COc1ccc(C2(C(=O)N3CCN(c4ccccn4)CC3)CCOCC2)cc1Cl. The van der Waals surface area contributed by atoms with Crippen molar-refractivity contribution in [2.45, 2.75) is 18.3 Å². The van der Waals surface area contributed by atoms with Crippen molar-refractivity contribution in [1.29, 1.82) is 0 Å². The molecule has 2 aliphatic heterocycles. The van der Waals surface area contributed by atoms with Crippen LogP contribution in [0.5, 0.6) is 5.75 Å². The number of aromatic nitrogens is 1. The van der Waals surface area contributed by atoms with Gasteiger partial charge in [-0.2, -0.15) is 0 Å². The molecular formula is C22H26ClN3O3. The lowest BCUT2D eigenvalue weighted by molar-refractivity contribution is -0.141. The van der Waals surface area contributed by atoms with Gasteiger partial charge in [-0.1, -0.05) is 23.7 Å². The maximum atomic E-state index is 13.7. The van der Waals surface area contributed by atoms with E-state index in [4.69, 9.17) is 21.1 Å². The van der Waals surface area contributed by atoms with Crippen molar-refractivity contribution in [2.75, 3.05) is 51.4 Å². The Balaban J connectivity index is 1.55. The van der Waals surface area contributed by atoms with Crippen LogP contribution in [0.15, 0.2) is 42.6 Å². The number of ether oxygens (including phenoxy) is 2. The monoisotopic (exact) mass is 415 g/mol. The average Bonchev–Trinajstić information content (AvgIpc) is 2.79. The number of nitrogens with zero attached hydrogens (tertiary/aromatic N) is 3. The summed E-state index contributed by atoms with van der Waals surface area (Å²) in [6.45, 7) is 4.06.